The van der Waals surface area contributed by atoms with Gasteiger partial charge in [-0.25, -0.2) is 0 Å². The summed E-state index contributed by atoms with van der Waals surface area (Å²) < 4.78 is 0. The summed E-state index contributed by atoms with van der Waals surface area (Å²) in [6.45, 7) is 0.508. The van der Waals surface area contributed by atoms with Crippen LogP contribution in [0, 0.1) is 23.7 Å². The summed E-state index contributed by atoms with van der Waals surface area (Å²) in [5.74, 6) is 1.48. The largest absolute Gasteiger partial charge is 0.355 e. The van der Waals surface area contributed by atoms with Crippen LogP contribution in [0.15, 0.2) is 30.3 Å². The Bertz CT molecular complexity index is 440. The van der Waals surface area contributed by atoms with Crippen molar-refractivity contribution in [1.82, 2.24) is 5.32 Å². The van der Waals surface area contributed by atoms with Gasteiger partial charge >= 0.3 is 0 Å². The van der Waals surface area contributed by atoms with E-state index in [0.29, 0.717) is 18.5 Å². The van der Waals surface area contributed by atoms with Crippen LogP contribution in [-0.4, -0.2) is 12.5 Å². The van der Waals surface area contributed by atoms with Gasteiger partial charge in [-0.15, -0.1) is 12.3 Å². The number of nitriles is 1. The highest BCUT2D eigenvalue weighted by atomic mass is 16.1. The van der Waals surface area contributed by atoms with Gasteiger partial charge in [-0.1, -0.05) is 30.3 Å². The third-order valence-corrected chi connectivity index (χ3v) is 2.32. The molecule has 0 aromatic heterocycles. The second kappa shape index (κ2) is 7.09. The van der Waals surface area contributed by atoms with Gasteiger partial charge in [0.1, 0.15) is 5.92 Å². The second-order valence-corrected chi connectivity index (χ2v) is 3.57. The van der Waals surface area contributed by atoms with Gasteiger partial charge in [0.15, 0.2) is 0 Å². The summed E-state index contributed by atoms with van der Waals surface area (Å²) in [5.41, 5.74) is 0.712. The third kappa shape index (κ3) is 4.01. The molecule has 0 spiro atoms. The van der Waals surface area contributed by atoms with Crippen LogP contribution in [0.1, 0.15) is 24.3 Å². The molecule has 86 valence electrons. The van der Waals surface area contributed by atoms with Crippen molar-refractivity contribution in [3.05, 3.63) is 35.9 Å². The van der Waals surface area contributed by atoms with E-state index in [1.54, 1.807) is 12.1 Å². The van der Waals surface area contributed by atoms with E-state index in [9.17, 15) is 4.79 Å². The number of hydrogen-bond acceptors (Lipinski definition) is 2. The van der Waals surface area contributed by atoms with Crippen molar-refractivity contribution >= 4 is 5.91 Å². The van der Waals surface area contributed by atoms with Gasteiger partial charge in [-0.2, -0.15) is 5.26 Å². The number of carbonyl (C=O) groups is 1. The molecule has 1 rings (SSSR count). The van der Waals surface area contributed by atoms with Crippen molar-refractivity contribution in [3.63, 3.8) is 0 Å². The standard InChI is InChI=1S/C14H14N2O/c1-2-3-7-10-16-14(17)13(11-15)12-8-5-4-6-9-12/h1,4-6,8-9,13H,3,7,10H2,(H,16,17). The Morgan fingerprint density at radius 3 is 2.71 bits per heavy atom. The number of carbonyl (C=O) groups excluding carboxylic acids is 1. The van der Waals surface area contributed by atoms with Crippen molar-refractivity contribution in [3.8, 4) is 18.4 Å². The van der Waals surface area contributed by atoms with Crippen LogP contribution < -0.4 is 5.32 Å². The molecule has 1 amide bonds. The maximum absolute atomic E-state index is 11.8. The molecule has 0 aliphatic heterocycles. The van der Waals surface area contributed by atoms with E-state index in [1.807, 2.05) is 24.3 Å². The lowest BCUT2D eigenvalue weighted by Gasteiger charge is -2.09. The first-order valence-corrected chi connectivity index (χ1v) is 5.45. The molecule has 3 nitrogen and oxygen atoms in total. The van der Waals surface area contributed by atoms with Gasteiger partial charge in [-0.05, 0) is 12.0 Å². The van der Waals surface area contributed by atoms with Gasteiger partial charge in [0.2, 0.25) is 5.91 Å². The lowest BCUT2D eigenvalue weighted by molar-refractivity contribution is -0.121. The Balaban J connectivity index is 2.55. The minimum atomic E-state index is -0.748. The first-order valence-electron chi connectivity index (χ1n) is 5.45. The van der Waals surface area contributed by atoms with Crippen LogP contribution in [0.4, 0.5) is 0 Å². The van der Waals surface area contributed by atoms with E-state index < -0.39 is 5.92 Å². The minimum Gasteiger partial charge on any atom is -0.355 e. The highest BCUT2D eigenvalue weighted by Gasteiger charge is 2.18. The molecule has 0 aliphatic rings. The fraction of sp³-hybridized carbons (Fsp3) is 0.286. The first kappa shape index (κ1) is 12.8. The highest BCUT2D eigenvalue weighted by molar-refractivity contribution is 5.86. The summed E-state index contributed by atoms with van der Waals surface area (Å²) in [6, 6.07) is 11.0. The van der Waals surface area contributed by atoms with Gasteiger partial charge < -0.3 is 5.32 Å². The molecule has 0 saturated heterocycles. The molecule has 0 saturated carbocycles. The zero-order valence-corrected chi connectivity index (χ0v) is 9.52. The van der Waals surface area contributed by atoms with Crippen molar-refractivity contribution in [2.24, 2.45) is 0 Å². The van der Waals surface area contributed by atoms with E-state index in [0.717, 1.165) is 6.42 Å². The van der Waals surface area contributed by atoms with Gasteiger partial charge in [0, 0.05) is 13.0 Å². The first-order chi connectivity index (χ1) is 8.29. The van der Waals surface area contributed by atoms with Crippen LogP contribution in [0.25, 0.3) is 0 Å². The third-order valence-electron chi connectivity index (χ3n) is 2.32. The summed E-state index contributed by atoms with van der Waals surface area (Å²) in [4.78, 5) is 11.8. The predicted octanol–water partition coefficient (Wildman–Crippen LogP) is 1.82. The topological polar surface area (TPSA) is 52.9 Å². The zero-order chi connectivity index (χ0) is 12.5. The number of nitrogens with zero attached hydrogens (tertiary/aromatic N) is 1. The van der Waals surface area contributed by atoms with E-state index in [2.05, 4.69) is 11.2 Å². The molecule has 1 aromatic carbocycles. The predicted molar refractivity (Wildman–Crippen MR) is 65.9 cm³/mol. The zero-order valence-electron chi connectivity index (χ0n) is 9.52. The fourth-order valence-electron chi connectivity index (χ4n) is 1.43. The number of benzene rings is 1. The molecule has 0 fully saturated rings. The van der Waals surface area contributed by atoms with E-state index in [4.69, 9.17) is 11.7 Å². The summed E-state index contributed by atoms with van der Waals surface area (Å²) >= 11 is 0. The van der Waals surface area contributed by atoms with Gasteiger partial charge in [-0.3, -0.25) is 4.79 Å². The smallest absolute Gasteiger partial charge is 0.241 e. The highest BCUT2D eigenvalue weighted by Crippen LogP contribution is 2.14. The average Bonchev–Trinajstić information content (AvgIpc) is 2.37. The van der Waals surface area contributed by atoms with Crippen molar-refractivity contribution in [1.29, 1.82) is 5.26 Å². The molecule has 0 heterocycles. The van der Waals surface area contributed by atoms with Crippen LogP contribution in [-0.2, 0) is 4.79 Å². The Morgan fingerprint density at radius 1 is 1.41 bits per heavy atom. The Hall–Kier alpha value is -2.26. The number of nitrogens with one attached hydrogen (secondary N) is 1. The summed E-state index contributed by atoms with van der Waals surface area (Å²) in [6.07, 6.45) is 6.47. The molecular weight excluding hydrogens is 212 g/mol. The van der Waals surface area contributed by atoms with E-state index in [1.165, 1.54) is 0 Å². The monoisotopic (exact) mass is 226 g/mol. The number of terminal acetylenes is 1. The minimum absolute atomic E-state index is 0.268. The van der Waals surface area contributed by atoms with E-state index >= 15 is 0 Å². The van der Waals surface area contributed by atoms with Crippen LogP contribution in [0.5, 0.6) is 0 Å². The number of hydrogen-bond donors (Lipinski definition) is 1. The van der Waals surface area contributed by atoms with Crippen LogP contribution >= 0.6 is 0 Å². The second-order valence-electron chi connectivity index (χ2n) is 3.57. The van der Waals surface area contributed by atoms with Crippen molar-refractivity contribution in [2.45, 2.75) is 18.8 Å². The molecule has 0 bridgehead atoms. The van der Waals surface area contributed by atoms with Crippen molar-refractivity contribution < 1.29 is 4.79 Å². The number of unbranched alkanes of at least 4 members (excludes halogenated alkanes) is 1. The molecule has 3 heteroatoms. The molecule has 1 aromatic rings. The van der Waals surface area contributed by atoms with Gasteiger partial charge in [0.25, 0.3) is 0 Å². The lowest BCUT2D eigenvalue weighted by atomic mass is 10.00. The Kier molecular flexibility index (Phi) is 5.34. The summed E-state index contributed by atoms with van der Waals surface area (Å²) in [5, 5.41) is 11.7. The molecule has 0 aliphatic carbocycles. The lowest BCUT2D eigenvalue weighted by Crippen LogP contribution is -2.29. The molecular formula is C14H14N2O. The summed E-state index contributed by atoms with van der Waals surface area (Å²) in [7, 11) is 0. The molecule has 0 radical (unpaired) electrons. The number of rotatable bonds is 5. The molecule has 17 heavy (non-hydrogen) atoms. The quantitative estimate of drug-likeness (QED) is 0.615. The molecule has 1 N–H and O–H groups in total. The number of amides is 1. The maximum Gasteiger partial charge on any atom is 0.241 e. The SMILES string of the molecule is C#CCCCNC(=O)C(C#N)c1ccccc1. The molecule has 1 atom stereocenters. The van der Waals surface area contributed by atoms with E-state index in [-0.39, 0.29) is 5.91 Å². The van der Waals surface area contributed by atoms with Crippen LogP contribution in [0.2, 0.25) is 0 Å². The Morgan fingerprint density at radius 2 is 2.12 bits per heavy atom. The average molecular weight is 226 g/mol. The maximum atomic E-state index is 11.8. The van der Waals surface area contributed by atoms with Crippen LogP contribution in [0.3, 0.4) is 0 Å². The van der Waals surface area contributed by atoms with Gasteiger partial charge in [0.05, 0.1) is 6.07 Å². The Labute approximate surface area is 101 Å². The molecule has 1 unspecified atom stereocenters. The fourth-order valence-corrected chi connectivity index (χ4v) is 1.43. The van der Waals surface area contributed by atoms with Crippen molar-refractivity contribution in [2.75, 3.05) is 6.54 Å². The normalized spacial score (nSPS) is 10.9.